The lowest BCUT2D eigenvalue weighted by atomic mass is 10.1. The van der Waals surface area contributed by atoms with Crippen molar-refractivity contribution in [2.45, 2.75) is 32.7 Å². The molecule has 132 valence electrons. The van der Waals surface area contributed by atoms with Crippen LogP contribution in [0.25, 0.3) is 0 Å². The molecule has 1 aromatic carbocycles. The van der Waals surface area contributed by atoms with Crippen molar-refractivity contribution in [1.29, 1.82) is 0 Å². The van der Waals surface area contributed by atoms with Crippen LogP contribution in [0.15, 0.2) is 18.2 Å². The molecule has 1 aromatic rings. The molecule has 1 heterocycles. The SMILES string of the molecule is CC(C)(C)N(CC(=O)N1CCCN1c1ccc(Cl)cc1Cl)C(=O)O. The van der Waals surface area contributed by atoms with Gasteiger partial charge in [-0.3, -0.25) is 19.7 Å². The second kappa shape index (κ2) is 7.07. The van der Waals surface area contributed by atoms with Crippen LogP contribution in [0.4, 0.5) is 10.5 Å². The summed E-state index contributed by atoms with van der Waals surface area (Å²) in [6, 6.07) is 5.09. The smallest absolute Gasteiger partial charge is 0.408 e. The molecule has 8 heteroatoms. The van der Waals surface area contributed by atoms with E-state index in [1.165, 1.54) is 0 Å². The number of anilines is 1. The lowest BCUT2D eigenvalue weighted by Gasteiger charge is -2.36. The second-order valence-electron chi connectivity index (χ2n) is 6.63. The minimum Gasteiger partial charge on any atom is -0.465 e. The highest BCUT2D eigenvalue weighted by molar-refractivity contribution is 6.36. The molecule has 1 aliphatic rings. The predicted molar refractivity (Wildman–Crippen MR) is 94.6 cm³/mol. The van der Waals surface area contributed by atoms with Gasteiger partial charge in [0.2, 0.25) is 0 Å². The van der Waals surface area contributed by atoms with Crippen LogP contribution in [0.1, 0.15) is 27.2 Å². The largest absolute Gasteiger partial charge is 0.465 e. The molecular weight excluding hydrogens is 353 g/mol. The van der Waals surface area contributed by atoms with Crippen LogP contribution in [0.3, 0.4) is 0 Å². The van der Waals surface area contributed by atoms with Crippen molar-refractivity contribution in [2.24, 2.45) is 0 Å². The fraction of sp³-hybridized carbons (Fsp3) is 0.500. The van der Waals surface area contributed by atoms with Gasteiger partial charge in [0.25, 0.3) is 5.91 Å². The number of nitrogens with zero attached hydrogens (tertiary/aromatic N) is 3. The molecule has 1 N–H and O–H groups in total. The first kappa shape index (κ1) is 18.7. The second-order valence-corrected chi connectivity index (χ2v) is 7.47. The summed E-state index contributed by atoms with van der Waals surface area (Å²) in [6.07, 6.45) is -0.334. The monoisotopic (exact) mass is 373 g/mol. The van der Waals surface area contributed by atoms with Gasteiger partial charge >= 0.3 is 6.09 Å². The summed E-state index contributed by atoms with van der Waals surface area (Å²) >= 11 is 12.2. The average molecular weight is 374 g/mol. The summed E-state index contributed by atoms with van der Waals surface area (Å²) in [5, 5.41) is 13.7. The molecule has 0 radical (unpaired) electrons. The maximum atomic E-state index is 12.7. The van der Waals surface area contributed by atoms with Crippen molar-refractivity contribution in [1.82, 2.24) is 9.91 Å². The molecule has 0 atom stereocenters. The van der Waals surface area contributed by atoms with E-state index < -0.39 is 11.6 Å². The van der Waals surface area contributed by atoms with Crippen LogP contribution in [-0.2, 0) is 4.79 Å². The molecule has 0 unspecified atom stereocenters. The zero-order valence-electron chi connectivity index (χ0n) is 13.9. The van der Waals surface area contributed by atoms with E-state index in [1.807, 2.05) is 0 Å². The Hall–Kier alpha value is -1.66. The minimum atomic E-state index is -1.12. The molecule has 24 heavy (non-hydrogen) atoms. The Morgan fingerprint density at radius 1 is 1.25 bits per heavy atom. The molecule has 0 spiro atoms. The van der Waals surface area contributed by atoms with Gasteiger partial charge in [-0.25, -0.2) is 4.79 Å². The molecule has 2 amide bonds. The van der Waals surface area contributed by atoms with E-state index in [4.69, 9.17) is 23.2 Å². The number of rotatable bonds is 3. The Balaban J connectivity index is 2.20. The van der Waals surface area contributed by atoms with Gasteiger partial charge in [-0.05, 0) is 45.4 Å². The number of carboxylic acid groups (broad SMARTS) is 1. The van der Waals surface area contributed by atoms with E-state index in [-0.39, 0.29) is 12.5 Å². The van der Waals surface area contributed by atoms with Crippen LogP contribution in [-0.4, -0.2) is 52.2 Å². The van der Waals surface area contributed by atoms with Crippen molar-refractivity contribution in [3.05, 3.63) is 28.2 Å². The average Bonchev–Trinajstić information content (AvgIpc) is 2.92. The lowest BCUT2D eigenvalue weighted by Crippen LogP contribution is -2.52. The third-order valence-corrected chi connectivity index (χ3v) is 4.38. The van der Waals surface area contributed by atoms with E-state index in [9.17, 15) is 14.7 Å². The highest BCUT2D eigenvalue weighted by Gasteiger charge is 2.34. The summed E-state index contributed by atoms with van der Waals surface area (Å²) in [5.41, 5.74) is 0.0220. The molecule has 1 fully saturated rings. The number of carbonyl (C=O) groups excluding carboxylic acids is 1. The zero-order valence-corrected chi connectivity index (χ0v) is 15.4. The first-order chi connectivity index (χ1) is 11.1. The van der Waals surface area contributed by atoms with Gasteiger partial charge in [0.05, 0.1) is 10.7 Å². The highest BCUT2D eigenvalue weighted by atomic mass is 35.5. The van der Waals surface area contributed by atoms with Gasteiger partial charge in [-0.2, -0.15) is 0 Å². The van der Waals surface area contributed by atoms with Crippen LogP contribution >= 0.6 is 23.2 Å². The Labute approximate surface area is 151 Å². The minimum absolute atomic E-state index is 0.208. The van der Waals surface area contributed by atoms with Gasteiger partial charge in [-0.15, -0.1) is 0 Å². The van der Waals surface area contributed by atoms with Gasteiger partial charge in [0.15, 0.2) is 0 Å². The Bertz CT molecular complexity index is 646. The predicted octanol–water partition coefficient (Wildman–Crippen LogP) is 3.73. The molecule has 2 rings (SSSR count). The fourth-order valence-electron chi connectivity index (χ4n) is 2.62. The summed E-state index contributed by atoms with van der Waals surface area (Å²) in [4.78, 5) is 25.3. The number of hydrazine groups is 1. The summed E-state index contributed by atoms with van der Waals surface area (Å²) in [6.45, 7) is 6.22. The third-order valence-electron chi connectivity index (χ3n) is 3.84. The van der Waals surface area contributed by atoms with Crippen LogP contribution in [0.2, 0.25) is 10.0 Å². The molecule has 0 bridgehead atoms. The topological polar surface area (TPSA) is 64.1 Å². The van der Waals surface area contributed by atoms with Crippen molar-refractivity contribution < 1.29 is 14.7 Å². The molecule has 1 aliphatic heterocycles. The van der Waals surface area contributed by atoms with Crippen LogP contribution in [0.5, 0.6) is 0 Å². The Kier molecular flexibility index (Phi) is 5.50. The Morgan fingerprint density at radius 2 is 1.92 bits per heavy atom. The van der Waals surface area contributed by atoms with Gasteiger partial charge in [-0.1, -0.05) is 23.2 Å². The molecule has 0 aliphatic carbocycles. The summed E-state index contributed by atoms with van der Waals surface area (Å²) in [5.74, 6) is -0.282. The Morgan fingerprint density at radius 3 is 2.46 bits per heavy atom. The fourth-order valence-corrected chi connectivity index (χ4v) is 3.13. The van der Waals surface area contributed by atoms with E-state index in [0.717, 1.165) is 11.3 Å². The van der Waals surface area contributed by atoms with Crippen molar-refractivity contribution in [2.75, 3.05) is 24.6 Å². The highest BCUT2D eigenvalue weighted by Crippen LogP contribution is 2.32. The standard InChI is InChI=1S/C16H21Cl2N3O3/c1-16(2,3)19(15(23)24)10-14(22)21-8-4-7-20(21)13-6-5-11(17)9-12(13)18/h5-6,9H,4,7-8,10H2,1-3H3,(H,23,24). The van der Waals surface area contributed by atoms with Crippen LogP contribution < -0.4 is 5.01 Å². The molecule has 6 nitrogen and oxygen atoms in total. The van der Waals surface area contributed by atoms with Gasteiger partial charge in [0, 0.05) is 23.7 Å². The van der Waals surface area contributed by atoms with Crippen molar-refractivity contribution in [3.63, 3.8) is 0 Å². The molecule has 0 aromatic heterocycles. The van der Waals surface area contributed by atoms with E-state index in [1.54, 1.807) is 49.0 Å². The number of halogens is 2. The quantitative estimate of drug-likeness (QED) is 0.876. The first-order valence-electron chi connectivity index (χ1n) is 7.64. The van der Waals surface area contributed by atoms with E-state index >= 15 is 0 Å². The molecular formula is C16H21Cl2N3O3. The summed E-state index contributed by atoms with van der Waals surface area (Å²) in [7, 11) is 0. The van der Waals surface area contributed by atoms with Crippen molar-refractivity contribution >= 4 is 40.9 Å². The van der Waals surface area contributed by atoms with Gasteiger partial charge in [0.1, 0.15) is 6.54 Å². The van der Waals surface area contributed by atoms with E-state index in [0.29, 0.717) is 28.8 Å². The number of hydrogen-bond donors (Lipinski definition) is 1. The van der Waals surface area contributed by atoms with Crippen molar-refractivity contribution in [3.8, 4) is 0 Å². The first-order valence-corrected chi connectivity index (χ1v) is 8.40. The van der Waals surface area contributed by atoms with Crippen LogP contribution in [0, 0.1) is 0 Å². The summed E-state index contributed by atoms with van der Waals surface area (Å²) < 4.78 is 0. The number of amides is 2. The normalized spacial score (nSPS) is 14.9. The maximum Gasteiger partial charge on any atom is 0.408 e. The van der Waals surface area contributed by atoms with Gasteiger partial charge < -0.3 is 5.11 Å². The third kappa shape index (κ3) is 4.05. The zero-order chi connectivity index (χ0) is 18.1. The van der Waals surface area contributed by atoms with E-state index in [2.05, 4.69) is 0 Å². The maximum absolute atomic E-state index is 12.7. The molecule has 0 saturated carbocycles. The molecule has 1 saturated heterocycles. The number of benzene rings is 1. The number of hydrogen-bond acceptors (Lipinski definition) is 3. The number of carbonyl (C=O) groups is 2. The lowest BCUT2D eigenvalue weighted by molar-refractivity contribution is -0.132.